The molecular formula is C24H27F3O4. The molecule has 0 radical (unpaired) electrons. The summed E-state index contributed by atoms with van der Waals surface area (Å²) in [6.45, 7) is 2.36. The first kappa shape index (κ1) is 24.3. The van der Waals surface area contributed by atoms with Crippen LogP contribution in [0.1, 0.15) is 49.4 Å². The van der Waals surface area contributed by atoms with E-state index in [4.69, 9.17) is 9.47 Å². The molecule has 2 aromatic rings. The molecule has 2 rings (SSSR count). The van der Waals surface area contributed by atoms with Gasteiger partial charge >= 0.3 is 12.3 Å². The maximum Gasteiger partial charge on any atom is 0.573 e. The number of benzene rings is 2. The van der Waals surface area contributed by atoms with E-state index >= 15 is 0 Å². The fourth-order valence-electron chi connectivity index (χ4n) is 2.84. The average Bonchev–Trinajstić information content (AvgIpc) is 2.74. The molecule has 0 N–H and O–H groups in total. The number of unbranched alkanes of at least 4 members (excludes halogenated alkanes) is 2. The van der Waals surface area contributed by atoms with Gasteiger partial charge in [0, 0.05) is 6.42 Å². The second-order valence-corrected chi connectivity index (χ2v) is 6.93. The van der Waals surface area contributed by atoms with Crippen LogP contribution in [0.2, 0.25) is 0 Å². The van der Waals surface area contributed by atoms with Crippen LogP contribution in [-0.4, -0.2) is 25.0 Å². The number of carbonyl (C=O) groups is 1. The molecule has 0 amide bonds. The molecule has 0 bridgehead atoms. The van der Waals surface area contributed by atoms with Crippen LogP contribution in [0.3, 0.4) is 0 Å². The van der Waals surface area contributed by atoms with Gasteiger partial charge in [0.15, 0.2) is 0 Å². The molecule has 0 saturated carbocycles. The fourth-order valence-corrected chi connectivity index (χ4v) is 2.84. The van der Waals surface area contributed by atoms with Crippen molar-refractivity contribution in [2.45, 2.75) is 51.5 Å². The quantitative estimate of drug-likeness (QED) is 0.211. The predicted molar refractivity (Wildman–Crippen MR) is 112 cm³/mol. The number of hydrogen-bond donors (Lipinski definition) is 0. The number of rotatable bonds is 12. The Morgan fingerprint density at radius 2 is 1.65 bits per heavy atom. The summed E-state index contributed by atoms with van der Waals surface area (Å²) in [5.41, 5.74) is 0.522. The van der Waals surface area contributed by atoms with Gasteiger partial charge in [0.2, 0.25) is 0 Å². The number of esters is 1. The molecule has 0 aliphatic rings. The van der Waals surface area contributed by atoms with Gasteiger partial charge < -0.3 is 14.2 Å². The van der Waals surface area contributed by atoms with Crippen molar-refractivity contribution in [3.8, 4) is 11.5 Å². The SMILES string of the molecule is CCCCCC(C/C=C/COc1ccc(OC(F)(F)F)cc1)OC(=O)c1ccccc1. The van der Waals surface area contributed by atoms with E-state index in [0.717, 1.165) is 25.7 Å². The van der Waals surface area contributed by atoms with Crippen LogP contribution in [0, 0.1) is 0 Å². The largest absolute Gasteiger partial charge is 0.573 e. The van der Waals surface area contributed by atoms with E-state index in [1.165, 1.54) is 24.3 Å². The van der Waals surface area contributed by atoms with E-state index in [0.29, 0.717) is 17.7 Å². The van der Waals surface area contributed by atoms with Gasteiger partial charge in [-0.2, -0.15) is 0 Å². The second-order valence-electron chi connectivity index (χ2n) is 6.93. The molecule has 0 heterocycles. The summed E-state index contributed by atoms with van der Waals surface area (Å²) in [4.78, 5) is 12.3. The lowest BCUT2D eigenvalue weighted by Gasteiger charge is -2.16. The van der Waals surface area contributed by atoms with E-state index in [2.05, 4.69) is 11.7 Å². The van der Waals surface area contributed by atoms with E-state index in [-0.39, 0.29) is 24.4 Å². The average molecular weight is 436 g/mol. The summed E-state index contributed by atoms with van der Waals surface area (Å²) in [7, 11) is 0. The Morgan fingerprint density at radius 1 is 0.968 bits per heavy atom. The highest BCUT2D eigenvalue weighted by molar-refractivity contribution is 5.89. The lowest BCUT2D eigenvalue weighted by molar-refractivity contribution is -0.274. The molecule has 0 spiro atoms. The van der Waals surface area contributed by atoms with Gasteiger partial charge in [-0.15, -0.1) is 13.2 Å². The van der Waals surface area contributed by atoms with Crippen LogP contribution in [0.4, 0.5) is 13.2 Å². The topological polar surface area (TPSA) is 44.8 Å². The van der Waals surface area contributed by atoms with Crippen molar-refractivity contribution < 1.29 is 32.2 Å². The number of halogens is 3. The Labute approximate surface area is 180 Å². The lowest BCUT2D eigenvalue weighted by atomic mass is 10.1. The summed E-state index contributed by atoms with van der Waals surface area (Å²) in [5, 5.41) is 0. The number of alkyl halides is 3. The smallest absolute Gasteiger partial charge is 0.490 e. The third kappa shape index (κ3) is 10.1. The predicted octanol–water partition coefficient (Wildman–Crippen LogP) is 6.72. The van der Waals surface area contributed by atoms with Crippen molar-refractivity contribution in [2.75, 3.05) is 6.61 Å². The molecule has 0 aliphatic carbocycles. The Morgan fingerprint density at radius 3 is 2.29 bits per heavy atom. The normalized spacial score (nSPS) is 12.5. The molecule has 31 heavy (non-hydrogen) atoms. The third-order valence-electron chi connectivity index (χ3n) is 4.38. The standard InChI is InChI=1S/C24H27F3O4/c1-2-3-5-12-21(30-23(28)19-10-6-4-7-11-19)13-8-9-18-29-20-14-16-22(17-15-20)31-24(25,26)27/h4,6-11,14-17,21H,2-3,5,12-13,18H2,1H3/b9-8+. The van der Waals surface area contributed by atoms with Gasteiger partial charge in [-0.05, 0) is 49.2 Å². The van der Waals surface area contributed by atoms with Crippen molar-refractivity contribution in [1.82, 2.24) is 0 Å². The molecular weight excluding hydrogens is 409 g/mol. The Hall–Kier alpha value is -2.96. The molecule has 2 aromatic carbocycles. The van der Waals surface area contributed by atoms with Gasteiger partial charge in [0.1, 0.15) is 24.2 Å². The third-order valence-corrected chi connectivity index (χ3v) is 4.38. The Kier molecular flexibility index (Phi) is 9.94. The highest BCUT2D eigenvalue weighted by Crippen LogP contribution is 2.24. The van der Waals surface area contributed by atoms with Crippen LogP contribution < -0.4 is 9.47 Å². The summed E-state index contributed by atoms with van der Waals surface area (Å²) < 4.78 is 51.5. The second kappa shape index (κ2) is 12.7. The van der Waals surface area contributed by atoms with Gasteiger partial charge in [0.05, 0.1) is 5.56 Å². The van der Waals surface area contributed by atoms with Crippen molar-refractivity contribution in [3.63, 3.8) is 0 Å². The Bertz CT molecular complexity index is 802. The van der Waals surface area contributed by atoms with Crippen LogP contribution in [-0.2, 0) is 4.74 Å². The first-order valence-corrected chi connectivity index (χ1v) is 10.3. The number of carbonyl (C=O) groups excluding carboxylic acids is 1. The van der Waals surface area contributed by atoms with Crippen molar-refractivity contribution in [2.24, 2.45) is 0 Å². The zero-order valence-electron chi connectivity index (χ0n) is 17.4. The van der Waals surface area contributed by atoms with Gasteiger partial charge in [-0.25, -0.2) is 4.79 Å². The van der Waals surface area contributed by atoms with Crippen LogP contribution in [0.15, 0.2) is 66.7 Å². The van der Waals surface area contributed by atoms with Crippen LogP contribution >= 0.6 is 0 Å². The van der Waals surface area contributed by atoms with Crippen molar-refractivity contribution in [1.29, 1.82) is 0 Å². The maximum atomic E-state index is 12.3. The molecule has 0 fully saturated rings. The molecule has 0 aromatic heterocycles. The zero-order valence-corrected chi connectivity index (χ0v) is 17.4. The van der Waals surface area contributed by atoms with Gasteiger partial charge in [0.25, 0.3) is 0 Å². The van der Waals surface area contributed by atoms with E-state index in [9.17, 15) is 18.0 Å². The van der Waals surface area contributed by atoms with E-state index in [1.54, 1.807) is 30.3 Å². The zero-order chi connectivity index (χ0) is 22.5. The lowest BCUT2D eigenvalue weighted by Crippen LogP contribution is -2.18. The molecule has 0 saturated heterocycles. The molecule has 7 heteroatoms. The Balaban J connectivity index is 1.81. The van der Waals surface area contributed by atoms with Crippen molar-refractivity contribution in [3.05, 3.63) is 72.3 Å². The van der Waals surface area contributed by atoms with Crippen LogP contribution in [0.5, 0.6) is 11.5 Å². The van der Waals surface area contributed by atoms with Gasteiger partial charge in [-0.1, -0.05) is 50.1 Å². The first-order chi connectivity index (χ1) is 14.9. The molecule has 4 nitrogen and oxygen atoms in total. The highest BCUT2D eigenvalue weighted by Gasteiger charge is 2.30. The summed E-state index contributed by atoms with van der Waals surface area (Å²) in [6.07, 6.45) is 3.19. The molecule has 1 unspecified atom stereocenters. The fraction of sp³-hybridized carbons (Fsp3) is 0.375. The van der Waals surface area contributed by atoms with E-state index in [1.807, 2.05) is 12.1 Å². The summed E-state index contributed by atoms with van der Waals surface area (Å²) in [6, 6.07) is 14.1. The van der Waals surface area contributed by atoms with Gasteiger partial charge in [-0.3, -0.25) is 0 Å². The summed E-state index contributed by atoms with van der Waals surface area (Å²) in [5.74, 6) is -0.215. The number of ether oxygens (including phenoxy) is 3. The monoisotopic (exact) mass is 436 g/mol. The van der Waals surface area contributed by atoms with E-state index < -0.39 is 6.36 Å². The maximum absolute atomic E-state index is 12.3. The molecule has 168 valence electrons. The van der Waals surface area contributed by atoms with Crippen LogP contribution in [0.25, 0.3) is 0 Å². The molecule has 1 atom stereocenters. The highest BCUT2D eigenvalue weighted by atomic mass is 19.4. The first-order valence-electron chi connectivity index (χ1n) is 10.3. The minimum absolute atomic E-state index is 0.227. The number of hydrogen-bond acceptors (Lipinski definition) is 4. The van der Waals surface area contributed by atoms with Crippen molar-refractivity contribution >= 4 is 5.97 Å². The molecule has 0 aliphatic heterocycles. The summed E-state index contributed by atoms with van der Waals surface area (Å²) >= 11 is 0. The minimum Gasteiger partial charge on any atom is -0.490 e. The minimum atomic E-state index is -4.72.